The number of carbonyl (C=O) groups is 3. The Morgan fingerprint density at radius 1 is 0.848 bits per heavy atom. The van der Waals surface area contributed by atoms with Gasteiger partial charge in [-0.15, -0.1) is 0 Å². The molecule has 1 atom stereocenters. The Labute approximate surface area is 190 Å². The molecule has 0 aromatic heterocycles. The van der Waals surface area contributed by atoms with Crippen molar-refractivity contribution in [3.8, 4) is 0 Å². The molecule has 9 heteroatoms. The number of anilines is 2. The van der Waals surface area contributed by atoms with Crippen LogP contribution in [0, 0.1) is 0 Å². The summed E-state index contributed by atoms with van der Waals surface area (Å²) in [6, 6.07) is 15.0. The zero-order chi connectivity index (χ0) is 23.5. The molecule has 3 aromatic rings. The van der Waals surface area contributed by atoms with E-state index in [0.717, 1.165) is 17.0 Å². The number of alkyl halides is 3. The predicted molar refractivity (Wildman–Crippen MR) is 116 cm³/mol. The van der Waals surface area contributed by atoms with Gasteiger partial charge in [0.25, 0.3) is 17.7 Å². The summed E-state index contributed by atoms with van der Waals surface area (Å²) in [6.07, 6.45) is -4.60. The third-order valence-corrected chi connectivity index (χ3v) is 6.77. The zero-order valence-electron chi connectivity index (χ0n) is 17.1. The van der Waals surface area contributed by atoms with Gasteiger partial charge in [-0.3, -0.25) is 24.2 Å². The molecule has 166 valence electrons. The first-order valence-corrected chi connectivity index (χ1v) is 10.8. The quantitative estimate of drug-likeness (QED) is 0.465. The van der Waals surface area contributed by atoms with Gasteiger partial charge in [0.15, 0.2) is 0 Å². The van der Waals surface area contributed by atoms with E-state index in [9.17, 15) is 27.6 Å². The van der Waals surface area contributed by atoms with Crippen LogP contribution in [-0.4, -0.2) is 28.7 Å². The first-order chi connectivity index (χ1) is 15.7. The van der Waals surface area contributed by atoms with Gasteiger partial charge in [0.2, 0.25) is 0 Å². The van der Waals surface area contributed by atoms with E-state index in [1.807, 2.05) is 0 Å². The van der Waals surface area contributed by atoms with E-state index in [0.29, 0.717) is 15.5 Å². The van der Waals surface area contributed by atoms with E-state index >= 15 is 0 Å². The minimum atomic E-state index is -4.60. The Morgan fingerprint density at radius 3 is 2.06 bits per heavy atom. The Hall–Kier alpha value is -3.59. The highest BCUT2D eigenvalue weighted by Crippen LogP contribution is 2.50. The fraction of sp³-hybridized carbons (Fsp3) is 0.125. The summed E-state index contributed by atoms with van der Waals surface area (Å²) in [5, 5.41) is 0. The molecule has 2 aliphatic heterocycles. The molecular weight excluding hydrogens is 453 g/mol. The minimum absolute atomic E-state index is 0.0574. The van der Waals surface area contributed by atoms with Crippen molar-refractivity contribution in [3.63, 3.8) is 0 Å². The molecule has 0 spiro atoms. The summed E-state index contributed by atoms with van der Waals surface area (Å²) in [4.78, 5) is 42.7. The van der Waals surface area contributed by atoms with Crippen LogP contribution >= 0.6 is 11.8 Å². The van der Waals surface area contributed by atoms with Gasteiger partial charge in [-0.2, -0.15) is 13.2 Å². The number of hydrogen-bond donors (Lipinski definition) is 0. The van der Waals surface area contributed by atoms with E-state index in [1.54, 1.807) is 36.4 Å². The molecule has 0 saturated carbocycles. The Kier molecular flexibility index (Phi) is 4.82. The molecule has 0 N–H and O–H groups in total. The lowest BCUT2D eigenvalue weighted by Gasteiger charge is -2.34. The van der Waals surface area contributed by atoms with Crippen LogP contribution in [0.2, 0.25) is 0 Å². The summed E-state index contributed by atoms with van der Waals surface area (Å²) in [5.74, 6) is -1.90. The number of imide groups is 1. The van der Waals surface area contributed by atoms with Gasteiger partial charge in [0.05, 0.1) is 28.1 Å². The molecule has 0 fully saturated rings. The van der Waals surface area contributed by atoms with Crippen molar-refractivity contribution >= 4 is 40.9 Å². The van der Waals surface area contributed by atoms with Crippen molar-refractivity contribution in [2.45, 2.75) is 28.9 Å². The first kappa shape index (κ1) is 21.3. The summed E-state index contributed by atoms with van der Waals surface area (Å²) >= 11 is 1.25. The van der Waals surface area contributed by atoms with Crippen molar-refractivity contribution in [3.05, 3.63) is 83.4 Å². The number of rotatable bonds is 2. The Bertz CT molecular complexity index is 1300. The molecule has 33 heavy (non-hydrogen) atoms. The third-order valence-electron chi connectivity index (χ3n) is 5.64. The monoisotopic (exact) mass is 468 g/mol. The van der Waals surface area contributed by atoms with Crippen molar-refractivity contribution < 1.29 is 27.6 Å². The van der Waals surface area contributed by atoms with Crippen LogP contribution in [0.4, 0.5) is 24.5 Å². The SMILES string of the molecule is CC(C(=O)N1c2ccccc2Sc2ccc(C(F)(F)F)cc21)N1C(=O)c2ccccc2C1=O. The average Bonchev–Trinajstić information content (AvgIpc) is 3.05. The molecule has 0 saturated heterocycles. The lowest BCUT2D eigenvalue weighted by molar-refractivity contribution is -0.137. The smallest absolute Gasteiger partial charge is 0.277 e. The van der Waals surface area contributed by atoms with Crippen molar-refractivity contribution in [1.29, 1.82) is 0 Å². The van der Waals surface area contributed by atoms with Gasteiger partial charge in [-0.25, -0.2) is 0 Å². The lowest BCUT2D eigenvalue weighted by Crippen LogP contribution is -2.48. The maximum atomic E-state index is 13.7. The zero-order valence-corrected chi connectivity index (χ0v) is 17.9. The predicted octanol–water partition coefficient (Wildman–Crippen LogP) is 5.52. The summed E-state index contributed by atoms with van der Waals surface area (Å²) in [6.45, 7) is 1.40. The highest BCUT2D eigenvalue weighted by molar-refractivity contribution is 7.99. The standard InChI is InChI=1S/C24H15F3N2O3S/c1-13(28-22(31)15-6-2-3-7-16(15)23(28)32)21(30)29-17-8-4-5-9-19(17)33-20-11-10-14(12-18(20)29)24(25,26)27/h2-13H,1H3. The summed E-state index contributed by atoms with van der Waals surface area (Å²) in [5.41, 5.74) is -0.0646. The molecular formula is C24H15F3N2O3S. The molecule has 0 radical (unpaired) electrons. The number of hydrogen-bond acceptors (Lipinski definition) is 4. The number of carbonyl (C=O) groups excluding carboxylic acids is 3. The van der Waals surface area contributed by atoms with Crippen molar-refractivity contribution in [2.24, 2.45) is 0 Å². The normalized spacial score (nSPS) is 15.8. The molecule has 5 rings (SSSR count). The first-order valence-electron chi connectivity index (χ1n) is 9.97. The number of nitrogens with zero attached hydrogens (tertiary/aromatic N) is 2. The van der Waals surface area contributed by atoms with Crippen molar-refractivity contribution in [1.82, 2.24) is 4.90 Å². The van der Waals surface area contributed by atoms with Gasteiger partial charge in [0.1, 0.15) is 6.04 Å². The van der Waals surface area contributed by atoms with Crippen LogP contribution in [0.1, 0.15) is 33.2 Å². The molecule has 0 aliphatic carbocycles. The van der Waals surface area contributed by atoms with Crippen LogP contribution in [0.3, 0.4) is 0 Å². The molecule has 3 aromatic carbocycles. The van der Waals surface area contributed by atoms with E-state index in [1.165, 1.54) is 41.8 Å². The molecule has 2 heterocycles. The second-order valence-corrected chi connectivity index (χ2v) is 8.71. The van der Waals surface area contributed by atoms with Crippen LogP contribution in [0.25, 0.3) is 0 Å². The molecule has 0 bridgehead atoms. The van der Waals surface area contributed by atoms with Crippen LogP contribution in [-0.2, 0) is 11.0 Å². The van der Waals surface area contributed by atoms with Gasteiger partial charge in [-0.1, -0.05) is 36.0 Å². The average molecular weight is 468 g/mol. The number of amides is 3. The Balaban J connectivity index is 1.60. The molecule has 1 unspecified atom stereocenters. The number of halogens is 3. The van der Waals surface area contributed by atoms with Crippen molar-refractivity contribution in [2.75, 3.05) is 4.90 Å². The lowest BCUT2D eigenvalue weighted by atomic mass is 10.1. The van der Waals surface area contributed by atoms with E-state index in [-0.39, 0.29) is 16.8 Å². The summed E-state index contributed by atoms with van der Waals surface area (Å²) in [7, 11) is 0. The van der Waals surface area contributed by atoms with Gasteiger partial charge < -0.3 is 0 Å². The fourth-order valence-electron chi connectivity index (χ4n) is 4.03. The third kappa shape index (κ3) is 3.31. The number of benzene rings is 3. The van der Waals surface area contributed by atoms with Crippen LogP contribution < -0.4 is 4.90 Å². The van der Waals surface area contributed by atoms with Crippen LogP contribution in [0.5, 0.6) is 0 Å². The molecule has 3 amide bonds. The van der Waals surface area contributed by atoms with E-state index in [4.69, 9.17) is 0 Å². The van der Waals surface area contributed by atoms with E-state index < -0.39 is 35.5 Å². The largest absolute Gasteiger partial charge is 0.416 e. The maximum absolute atomic E-state index is 13.7. The van der Waals surface area contributed by atoms with E-state index in [2.05, 4.69) is 0 Å². The minimum Gasteiger partial charge on any atom is -0.277 e. The second-order valence-electron chi connectivity index (χ2n) is 7.63. The highest BCUT2D eigenvalue weighted by Gasteiger charge is 2.43. The Morgan fingerprint density at radius 2 is 1.42 bits per heavy atom. The van der Waals surface area contributed by atoms with Gasteiger partial charge in [-0.05, 0) is 49.4 Å². The summed E-state index contributed by atoms with van der Waals surface area (Å²) < 4.78 is 40.3. The molecule has 5 nitrogen and oxygen atoms in total. The van der Waals surface area contributed by atoms with Crippen LogP contribution in [0.15, 0.2) is 76.5 Å². The van der Waals surface area contributed by atoms with Gasteiger partial charge >= 0.3 is 6.18 Å². The van der Waals surface area contributed by atoms with Gasteiger partial charge in [0, 0.05) is 9.79 Å². The number of para-hydroxylation sites is 1. The number of fused-ring (bicyclic) bond motifs is 3. The highest BCUT2D eigenvalue weighted by atomic mass is 32.2. The second kappa shape index (κ2) is 7.48. The topological polar surface area (TPSA) is 57.7 Å². The fourth-order valence-corrected chi connectivity index (χ4v) is 5.06. The molecule has 2 aliphatic rings. The maximum Gasteiger partial charge on any atom is 0.416 e.